The Hall–Kier alpha value is -2.80. The number of ether oxygens (including phenoxy) is 1. The van der Waals surface area contributed by atoms with Gasteiger partial charge in [0.2, 0.25) is 0 Å². The number of epoxide rings is 1. The summed E-state index contributed by atoms with van der Waals surface area (Å²) in [5.74, 6) is 0. The Labute approximate surface area is 146 Å². The predicted molar refractivity (Wildman–Crippen MR) is 95.4 cm³/mol. The average molecular weight is 347 g/mol. The molecule has 0 saturated carbocycles. The molecule has 0 spiro atoms. The molecule has 0 radical (unpaired) electrons. The fourth-order valence-electron chi connectivity index (χ4n) is 4.61. The molecule has 1 aliphatic carbocycles. The lowest BCUT2D eigenvalue weighted by atomic mass is 9.81. The summed E-state index contributed by atoms with van der Waals surface area (Å²) in [4.78, 5) is 11.1. The van der Waals surface area contributed by atoms with E-state index in [1.807, 2.05) is 24.3 Å². The lowest BCUT2D eigenvalue weighted by Crippen LogP contribution is -2.29. The highest BCUT2D eigenvalue weighted by Crippen LogP contribution is 2.54. The second kappa shape index (κ2) is 4.48. The van der Waals surface area contributed by atoms with Gasteiger partial charge >= 0.3 is 0 Å². The highest BCUT2D eigenvalue weighted by Gasteiger charge is 2.54. The molecule has 4 atom stereocenters. The third kappa shape index (κ3) is 1.57. The van der Waals surface area contributed by atoms with E-state index in [1.165, 1.54) is 6.07 Å². The molecule has 6 nitrogen and oxygen atoms in total. The van der Waals surface area contributed by atoms with Crippen molar-refractivity contribution in [3.8, 4) is 0 Å². The second-order valence-electron chi connectivity index (χ2n) is 7.10. The number of non-ortho nitro benzene ring substituents is 1. The van der Waals surface area contributed by atoms with Crippen molar-refractivity contribution < 1.29 is 19.9 Å². The first kappa shape index (κ1) is 14.4. The van der Waals surface area contributed by atoms with Crippen LogP contribution in [0, 0.1) is 10.1 Å². The van der Waals surface area contributed by atoms with Crippen LogP contribution in [-0.2, 0) is 4.74 Å². The number of benzene rings is 4. The number of nitro groups is 1. The van der Waals surface area contributed by atoms with E-state index in [0.717, 1.165) is 32.5 Å². The Balaban J connectivity index is 1.83. The second-order valence-corrected chi connectivity index (χ2v) is 7.10. The van der Waals surface area contributed by atoms with Crippen molar-refractivity contribution in [2.75, 3.05) is 0 Å². The summed E-state index contributed by atoms with van der Waals surface area (Å²) in [6, 6.07) is 12.8. The Morgan fingerprint density at radius 3 is 2.46 bits per heavy atom. The lowest BCUT2D eigenvalue weighted by Gasteiger charge is -2.26. The summed E-state index contributed by atoms with van der Waals surface area (Å²) < 4.78 is 5.57. The third-order valence-corrected chi connectivity index (χ3v) is 5.82. The van der Waals surface area contributed by atoms with Crippen LogP contribution in [0.1, 0.15) is 23.3 Å². The summed E-state index contributed by atoms with van der Waals surface area (Å²) in [6.07, 6.45) is -2.54. The Kier molecular flexibility index (Phi) is 2.48. The minimum absolute atomic E-state index is 0.0656. The summed E-state index contributed by atoms with van der Waals surface area (Å²) >= 11 is 0. The molecule has 128 valence electrons. The first-order chi connectivity index (χ1) is 12.6. The number of hydrogen-bond donors (Lipinski definition) is 2. The molecule has 4 unspecified atom stereocenters. The number of fused-ring (bicyclic) bond motifs is 4. The van der Waals surface area contributed by atoms with Gasteiger partial charge in [-0.2, -0.15) is 0 Å². The molecule has 2 N–H and O–H groups in total. The van der Waals surface area contributed by atoms with Crippen LogP contribution in [0.3, 0.4) is 0 Å². The first-order valence-electron chi connectivity index (χ1n) is 8.46. The van der Waals surface area contributed by atoms with Crippen LogP contribution >= 0.6 is 0 Å². The fraction of sp³-hybridized carbons (Fsp3) is 0.200. The monoisotopic (exact) mass is 347 g/mol. The molecule has 6 heteroatoms. The third-order valence-electron chi connectivity index (χ3n) is 5.82. The van der Waals surface area contributed by atoms with Crippen LogP contribution in [0.4, 0.5) is 5.69 Å². The van der Waals surface area contributed by atoms with Crippen LogP contribution in [-0.4, -0.2) is 27.3 Å². The number of hydrogen-bond acceptors (Lipinski definition) is 5. The van der Waals surface area contributed by atoms with E-state index < -0.39 is 12.2 Å². The zero-order chi connectivity index (χ0) is 17.7. The van der Waals surface area contributed by atoms with Gasteiger partial charge in [0.15, 0.2) is 0 Å². The van der Waals surface area contributed by atoms with Crippen molar-refractivity contribution in [2.45, 2.75) is 24.4 Å². The van der Waals surface area contributed by atoms with E-state index in [-0.39, 0.29) is 22.8 Å². The summed E-state index contributed by atoms with van der Waals surface area (Å²) in [5, 5.41) is 37.3. The van der Waals surface area contributed by atoms with Crippen molar-refractivity contribution >= 4 is 38.0 Å². The van der Waals surface area contributed by atoms with Crippen LogP contribution in [0.5, 0.6) is 0 Å². The van der Waals surface area contributed by atoms with Crippen LogP contribution in [0.2, 0.25) is 0 Å². The minimum Gasteiger partial charge on any atom is -0.387 e. The molecule has 0 bridgehead atoms. The number of rotatable bonds is 1. The Morgan fingerprint density at radius 2 is 1.65 bits per heavy atom. The Bertz CT molecular complexity index is 1250. The van der Waals surface area contributed by atoms with E-state index in [0.29, 0.717) is 10.9 Å². The maximum Gasteiger partial charge on any atom is 0.277 e. The van der Waals surface area contributed by atoms with E-state index in [2.05, 4.69) is 0 Å². The highest BCUT2D eigenvalue weighted by molar-refractivity contribution is 6.25. The van der Waals surface area contributed by atoms with Gasteiger partial charge in [-0.1, -0.05) is 18.2 Å². The molecule has 4 aromatic carbocycles. The van der Waals surface area contributed by atoms with E-state index in [9.17, 15) is 20.3 Å². The molecule has 6 rings (SSSR count). The molecule has 2 aliphatic rings. The largest absolute Gasteiger partial charge is 0.387 e. The molecule has 4 aromatic rings. The van der Waals surface area contributed by atoms with Gasteiger partial charge in [-0.3, -0.25) is 10.1 Å². The molecule has 26 heavy (non-hydrogen) atoms. The SMILES string of the molecule is O=[N+]([O-])c1ccc2ccc3cc4c(c5ccc1c2c35)C(O)C(O)C1OC41. The van der Waals surface area contributed by atoms with Crippen molar-refractivity contribution in [1.29, 1.82) is 0 Å². The summed E-state index contributed by atoms with van der Waals surface area (Å²) in [5.41, 5.74) is 1.63. The minimum atomic E-state index is -1.03. The summed E-state index contributed by atoms with van der Waals surface area (Å²) in [6.45, 7) is 0. The van der Waals surface area contributed by atoms with Gasteiger partial charge in [0.1, 0.15) is 24.4 Å². The number of aliphatic hydroxyl groups excluding tert-OH is 2. The molecule has 1 fully saturated rings. The highest BCUT2D eigenvalue weighted by atomic mass is 16.6. The topological polar surface area (TPSA) is 96.1 Å². The lowest BCUT2D eigenvalue weighted by molar-refractivity contribution is -0.383. The maximum absolute atomic E-state index is 11.4. The van der Waals surface area contributed by atoms with Gasteiger partial charge in [0.05, 0.1) is 10.3 Å². The number of nitro benzene ring substituents is 1. The maximum atomic E-state index is 11.4. The van der Waals surface area contributed by atoms with Gasteiger partial charge in [-0.15, -0.1) is 0 Å². The van der Waals surface area contributed by atoms with Crippen molar-refractivity contribution in [2.24, 2.45) is 0 Å². The smallest absolute Gasteiger partial charge is 0.277 e. The van der Waals surface area contributed by atoms with Crippen LogP contribution < -0.4 is 0 Å². The first-order valence-corrected chi connectivity index (χ1v) is 8.46. The molecule has 1 heterocycles. The molecule has 1 aliphatic heterocycles. The van der Waals surface area contributed by atoms with Gasteiger partial charge < -0.3 is 14.9 Å². The van der Waals surface area contributed by atoms with E-state index in [1.54, 1.807) is 12.1 Å². The average Bonchev–Trinajstić information content (AvgIpc) is 3.44. The van der Waals surface area contributed by atoms with E-state index in [4.69, 9.17) is 4.74 Å². The van der Waals surface area contributed by atoms with Crippen molar-refractivity contribution in [3.63, 3.8) is 0 Å². The zero-order valence-electron chi connectivity index (χ0n) is 13.4. The van der Waals surface area contributed by atoms with Gasteiger partial charge in [0.25, 0.3) is 5.69 Å². The van der Waals surface area contributed by atoms with Gasteiger partial charge in [0, 0.05) is 11.5 Å². The normalized spacial score (nSPS) is 27.0. The van der Waals surface area contributed by atoms with Gasteiger partial charge in [-0.25, -0.2) is 0 Å². The number of aliphatic hydroxyl groups is 2. The molecular weight excluding hydrogens is 334 g/mol. The molecular formula is C20H13NO5. The van der Waals surface area contributed by atoms with Crippen LogP contribution in [0.25, 0.3) is 32.3 Å². The number of nitrogens with zero attached hydrogens (tertiary/aromatic N) is 1. The quantitative estimate of drug-likeness (QED) is 0.238. The molecule has 0 amide bonds. The van der Waals surface area contributed by atoms with Gasteiger partial charge in [-0.05, 0) is 50.9 Å². The molecule has 1 saturated heterocycles. The zero-order valence-corrected chi connectivity index (χ0v) is 13.4. The van der Waals surface area contributed by atoms with Crippen LogP contribution in [0.15, 0.2) is 42.5 Å². The predicted octanol–water partition coefficient (Wildman–Crippen LogP) is 3.34. The van der Waals surface area contributed by atoms with Crippen molar-refractivity contribution in [3.05, 3.63) is 63.7 Å². The van der Waals surface area contributed by atoms with Crippen molar-refractivity contribution in [1.82, 2.24) is 0 Å². The Morgan fingerprint density at radius 1 is 0.962 bits per heavy atom. The fourth-order valence-corrected chi connectivity index (χ4v) is 4.61. The standard InChI is InChI=1S/C20H13NO5/c22-17-16-11-5-4-10-13(21(24)25)6-3-8-1-2-9(15(11)14(8)10)7-12(16)19-20(26-19)18(17)23/h1-7,17-20,22-23H. The van der Waals surface area contributed by atoms with E-state index >= 15 is 0 Å². The summed E-state index contributed by atoms with van der Waals surface area (Å²) in [7, 11) is 0. The molecule has 0 aromatic heterocycles.